The zero-order valence-corrected chi connectivity index (χ0v) is 13.8. The lowest BCUT2D eigenvalue weighted by Gasteiger charge is -2.11. The van der Waals surface area contributed by atoms with Crippen molar-refractivity contribution in [3.63, 3.8) is 0 Å². The molecule has 0 aliphatic carbocycles. The summed E-state index contributed by atoms with van der Waals surface area (Å²) in [4.78, 5) is 28.7. The number of primary amides is 1. The summed E-state index contributed by atoms with van der Waals surface area (Å²) in [7, 11) is 0. The van der Waals surface area contributed by atoms with Gasteiger partial charge in [0.15, 0.2) is 0 Å². The van der Waals surface area contributed by atoms with E-state index >= 15 is 0 Å². The third kappa shape index (κ3) is 3.16. The van der Waals surface area contributed by atoms with E-state index in [2.05, 4.69) is 4.98 Å². The number of nitrogens with zero attached hydrogens (tertiary/aromatic N) is 3. The predicted octanol–water partition coefficient (Wildman–Crippen LogP) is 2.19. The van der Waals surface area contributed by atoms with Gasteiger partial charge in [0.25, 0.3) is 11.5 Å². The van der Waals surface area contributed by atoms with Crippen molar-refractivity contribution in [3.05, 3.63) is 75.7 Å². The molecule has 26 heavy (non-hydrogen) atoms. The third-order valence-corrected chi connectivity index (χ3v) is 3.68. The van der Waals surface area contributed by atoms with Crippen LogP contribution in [0.15, 0.2) is 59.0 Å². The van der Waals surface area contributed by atoms with E-state index < -0.39 is 11.5 Å². The van der Waals surface area contributed by atoms with Crippen molar-refractivity contribution in [2.75, 3.05) is 0 Å². The maximum absolute atomic E-state index is 12.9. The molecule has 128 valence electrons. The zero-order chi connectivity index (χ0) is 18.7. The Morgan fingerprint density at radius 1 is 1.27 bits per heavy atom. The number of nitriles is 1. The molecule has 0 bridgehead atoms. The summed E-state index contributed by atoms with van der Waals surface area (Å²) >= 11 is 0. The summed E-state index contributed by atoms with van der Waals surface area (Å²) in [5.74, 6) is -0.485. The Labute approximate surface area is 148 Å². The molecule has 0 saturated heterocycles. The first-order chi connectivity index (χ1) is 12.5. The second-order valence-corrected chi connectivity index (χ2v) is 5.47. The molecule has 0 spiro atoms. The van der Waals surface area contributed by atoms with Crippen molar-refractivity contribution >= 4 is 17.6 Å². The van der Waals surface area contributed by atoms with Crippen LogP contribution in [0.5, 0.6) is 11.6 Å². The summed E-state index contributed by atoms with van der Waals surface area (Å²) < 4.78 is 7.08. The van der Waals surface area contributed by atoms with E-state index in [1.165, 1.54) is 4.40 Å². The van der Waals surface area contributed by atoms with Gasteiger partial charge in [-0.1, -0.05) is 24.3 Å². The quantitative estimate of drug-likeness (QED) is 0.575. The van der Waals surface area contributed by atoms with Gasteiger partial charge in [0.05, 0.1) is 0 Å². The zero-order valence-electron chi connectivity index (χ0n) is 13.8. The van der Waals surface area contributed by atoms with Crippen LogP contribution in [0.3, 0.4) is 0 Å². The fourth-order valence-corrected chi connectivity index (χ4v) is 2.40. The highest BCUT2D eigenvalue weighted by molar-refractivity contribution is 6.00. The largest absolute Gasteiger partial charge is 0.438 e. The first-order valence-corrected chi connectivity index (χ1v) is 7.67. The van der Waals surface area contributed by atoms with Crippen LogP contribution >= 0.6 is 0 Å². The summed E-state index contributed by atoms with van der Waals surface area (Å²) in [6.45, 7) is 1.81. The van der Waals surface area contributed by atoms with E-state index in [0.717, 1.165) is 11.6 Å². The Morgan fingerprint density at radius 2 is 2.00 bits per heavy atom. The van der Waals surface area contributed by atoms with Crippen molar-refractivity contribution in [1.82, 2.24) is 9.38 Å². The molecule has 3 rings (SSSR count). The number of para-hydroxylation sites is 1. The fourth-order valence-electron chi connectivity index (χ4n) is 2.40. The maximum atomic E-state index is 12.9. The number of aromatic nitrogens is 2. The van der Waals surface area contributed by atoms with Crippen molar-refractivity contribution in [2.45, 2.75) is 6.92 Å². The number of nitrogens with two attached hydrogens (primary N) is 1. The number of fused-ring (bicyclic) bond motifs is 1. The van der Waals surface area contributed by atoms with Crippen LogP contribution in [0.4, 0.5) is 0 Å². The van der Waals surface area contributed by atoms with Crippen molar-refractivity contribution in [3.8, 4) is 17.7 Å². The summed E-state index contributed by atoms with van der Waals surface area (Å²) in [5.41, 5.74) is 5.50. The molecule has 0 unspecified atom stereocenters. The molecule has 0 aliphatic rings. The average molecular weight is 346 g/mol. The van der Waals surface area contributed by atoms with Gasteiger partial charge in [-0.25, -0.2) is 0 Å². The first kappa shape index (κ1) is 16.9. The maximum Gasteiger partial charge on any atom is 0.269 e. The van der Waals surface area contributed by atoms with Gasteiger partial charge >= 0.3 is 0 Å². The molecule has 2 N–H and O–H groups in total. The van der Waals surface area contributed by atoms with E-state index in [0.29, 0.717) is 11.4 Å². The number of hydrogen-bond donors (Lipinski definition) is 1. The molecule has 2 aromatic heterocycles. The molecule has 0 fully saturated rings. The Balaban J connectivity index is 2.31. The number of hydrogen-bond acceptors (Lipinski definition) is 5. The minimum Gasteiger partial charge on any atom is -0.438 e. The average Bonchev–Trinajstić information content (AvgIpc) is 2.63. The van der Waals surface area contributed by atoms with Gasteiger partial charge in [-0.05, 0) is 36.8 Å². The molecule has 3 aromatic rings. The first-order valence-electron chi connectivity index (χ1n) is 7.67. The molecular formula is C19H14N4O3. The van der Waals surface area contributed by atoms with Gasteiger partial charge in [0.1, 0.15) is 28.6 Å². The van der Waals surface area contributed by atoms with Crippen LogP contribution in [0, 0.1) is 18.3 Å². The van der Waals surface area contributed by atoms with Crippen LogP contribution in [0.2, 0.25) is 0 Å². The van der Waals surface area contributed by atoms with E-state index in [1.807, 2.05) is 19.1 Å². The minimum atomic E-state index is -0.938. The highest BCUT2D eigenvalue weighted by Crippen LogP contribution is 2.24. The number of benzene rings is 1. The summed E-state index contributed by atoms with van der Waals surface area (Å²) in [5, 5.41) is 9.10. The number of rotatable bonds is 4. The number of amides is 1. The molecule has 0 aliphatic heterocycles. The molecule has 0 saturated carbocycles. The Kier molecular flexibility index (Phi) is 4.50. The summed E-state index contributed by atoms with van der Waals surface area (Å²) in [6, 6.07) is 14.0. The lowest BCUT2D eigenvalue weighted by Crippen LogP contribution is -2.20. The van der Waals surface area contributed by atoms with Crippen LogP contribution in [-0.2, 0) is 4.79 Å². The molecular weight excluding hydrogens is 332 g/mol. The number of carbonyl (C=O) groups is 1. The lowest BCUT2D eigenvalue weighted by molar-refractivity contribution is -0.114. The van der Waals surface area contributed by atoms with Crippen molar-refractivity contribution in [1.29, 1.82) is 5.26 Å². The molecule has 0 radical (unpaired) electrons. The van der Waals surface area contributed by atoms with Gasteiger partial charge in [-0.3, -0.25) is 14.0 Å². The Hall–Kier alpha value is -3.92. The van der Waals surface area contributed by atoms with Gasteiger partial charge in [0, 0.05) is 6.20 Å². The van der Waals surface area contributed by atoms with Gasteiger partial charge in [-0.2, -0.15) is 10.2 Å². The van der Waals surface area contributed by atoms with Crippen LogP contribution in [-0.4, -0.2) is 15.3 Å². The van der Waals surface area contributed by atoms with Gasteiger partial charge in [-0.15, -0.1) is 0 Å². The van der Waals surface area contributed by atoms with Crippen LogP contribution in [0.25, 0.3) is 11.7 Å². The van der Waals surface area contributed by atoms with Crippen molar-refractivity contribution < 1.29 is 9.53 Å². The molecule has 7 heteroatoms. The fraction of sp³-hybridized carbons (Fsp3) is 0.0526. The molecule has 0 atom stereocenters. The van der Waals surface area contributed by atoms with Crippen LogP contribution < -0.4 is 16.0 Å². The highest BCUT2D eigenvalue weighted by Gasteiger charge is 2.16. The van der Waals surface area contributed by atoms with Gasteiger partial charge < -0.3 is 10.5 Å². The smallest absolute Gasteiger partial charge is 0.269 e. The van der Waals surface area contributed by atoms with Crippen LogP contribution in [0.1, 0.15) is 11.1 Å². The van der Waals surface area contributed by atoms with E-state index in [9.17, 15) is 9.59 Å². The van der Waals surface area contributed by atoms with Gasteiger partial charge in [0.2, 0.25) is 5.88 Å². The van der Waals surface area contributed by atoms with Crippen molar-refractivity contribution in [2.24, 2.45) is 5.73 Å². The predicted molar refractivity (Wildman–Crippen MR) is 95.5 cm³/mol. The number of ether oxygens (including phenoxy) is 1. The Bertz CT molecular complexity index is 1130. The monoisotopic (exact) mass is 346 g/mol. The topological polar surface area (TPSA) is 110 Å². The number of aryl methyl sites for hydroxylation is 1. The highest BCUT2D eigenvalue weighted by atomic mass is 16.5. The third-order valence-electron chi connectivity index (χ3n) is 3.68. The SMILES string of the molecule is Cc1cccn2c(=O)c(/C=C(/C#N)C(N)=O)c(Oc3ccccc3)nc12. The normalized spacial score (nSPS) is 11.2. The second kappa shape index (κ2) is 6.91. The van der Waals surface area contributed by atoms with E-state index in [1.54, 1.807) is 42.6 Å². The standard InChI is InChI=1S/C19H14N4O3/c1-12-6-5-9-23-17(12)22-18(26-14-7-3-2-4-8-14)15(19(23)25)10-13(11-20)16(21)24/h2-10H,1H3,(H2,21,24)/b13-10-. The molecule has 1 aromatic carbocycles. The molecule has 1 amide bonds. The lowest BCUT2D eigenvalue weighted by atomic mass is 10.1. The summed E-state index contributed by atoms with van der Waals surface area (Å²) in [6.07, 6.45) is 2.66. The van der Waals surface area contributed by atoms with E-state index in [-0.39, 0.29) is 17.0 Å². The Morgan fingerprint density at radius 3 is 2.65 bits per heavy atom. The van der Waals surface area contributed by atoms with E-state index in [4.69, 9.17) is 15.7 Å². The molecule has 7 nitrogen and oxygen atoms in total. The number of pyridine rings is 1. The number of carbonyl (C=O) groups excluding carboxylic acids is 1. The minimum absolute atomic E-state index is 0.00972. The second-order valence-electron chi connectivity index (χ2n) is 5.47. The molecule has 2 heterocycles.